The van der Waals surface area contributed by atoms with E-state index >= 15 is 0 Å². The maximum absolute atomic E-state index is 13.1. The van der Waals surface area contributed by atoms with Crippen molar-refractivity contribution in [1.29, 1.82) is 5.26 Å². The van der Waals surface area contributed by atoms with Gasteiger partial charge in [-0.2, -0.15) is 10.4 Å². The number of methoxy groups -OCH3 is 1. The lowest BCUT2D eigenvalue weighted by Gasteiger charge is -2.42. The molecule has 3 fully saturated rings. The third-order valence-electron chi connectivity index (χ3n) is 7.72. The van der Waals surface area contributed by atoms with Crippen LogP contribution in [0.3, 0.4) is 0 Å². The molecule has 3 aliphatic rings. The minimum absolute atomic E-state index is 0.0121. The lowest BCUT2D eigenvalue weighted by atomic mass is 9.97. The van der Waals surface area contributed by atoms with Crippen molar-refractivity contribution in [2.24, 2.45) is 5.92 Å². The van der Waals surface area contributed by atoms with Crippen molar-refractivity contribution < 1.29 is 14.3 Å². The van der Waals surface area contributed by atoms with Crippen LogP contribution in [0.1, 0.15) is 12.0 Å². The number of anilines is 1. The molecule has 188 valence electrons. The molecule has 6 rings (SSSR count). The second-order valence-electron chi connectivity index (χ2n) is 10.0. The van der Waals surface area contributed by atoms with Crippen LogP contribution in [0.5, 0.6) is 5.75 Å². The highest BCUT2D eigenvalue weighted by Crippen LogP contribution is 2.36. The van der Waals surface area contributed by atoms with E-state index < -0.39 is 0 Å². The molecule has 0 N–H and O–H groups in total. The average Bonchev–Trinajstić information content (AvgIpc) is 3.63. The maximum Gasteiger partial charge on any atom is 0.228 e. The molecule has 0 spiro atoms. The van der Waals surface area contributed by atoms with Gasteiger partial charge in [0.1, 0.15) is 35.0 Å². The van der Waals surface area contributed by atoms with E-state index in [1.807, 2.05) is 35.5 Å². The van der Waals surface area contributed by atoms with Crippen LogP contribution in [0.4, 0.5) is 5.82 Å². The van der Waals surface area contributed by atoms with Crippen LogP contribution >= 0.6 is 0 Å². The molecule has 3 aromatic heterocycles. The Morgan fingerprint density at radius 1 is 1.22 bits per heavy atom. The Bertz CT molecular complexity index is 1430. The van der Waals surface area contributed by atoms with Crippen molar-refractivity contribution >= 4 is 23.5 Å². The Hall–Kier alpha value is -4.23. The quantitative estimate of drug-likeness (QED) is 0.359. The fourth-order valence-electron chi connectivity index (χ4n) is 5.84. The summed E-state index contributed by atoms with van der Waals surface area (Å²) < 4.78 is 7.18. The summed E-state index contributed by atoms with van der Waals surface area (Å²) in [7, 11) is 1.58. The molecular weight excluding hydrogens is 470 g/mol. The summed E-state index contributed by atoms with van der Waals surface area (Å²) in [4.78, 5) is 35.0. The number of carbonyl (C=O) groups excluding carboxylic acids is 2. The Balaban J connectivity index is 1.11. The molecule has 0 radical (unpaired) electrons. The third kappa shape index (κ3) is 3.92. The summed E-state index contributed by atoms with van der Waals surface area (Å²) in [5.74, 6) is 1.73. The molecule has 0 unspecified atom stereocenters. The number of nitriles is 1. The standard InChI is InChI=1S/C27H27N7O3/c1-17(16-35)10-31-11-21(12-31)27(36)33-15-22-6-23(33)14-32(22)25-4-3-18(8-29-25)19-5-24(37-2)26-20(7-28)9-30-34(26)13-19/h3-5,8-9,13,16,21-23H,1,6,10-12,14-15H2,2H3/t22-,23-/m0/s1. The van der Waals surface area contributed by atoms with Crippen LogP contribution in [0.15, 0.2) is 48.9 Å². The summed E-state index contributed by atoms with van der Waals surface area (Å²) >= 11 is 0. The molecule has 6 heterocycles. The van der Waals surface area contributed by atoms with Gasteiger partial charge in [-0.3, -0.25) is 14.5 Å². The maximum atomic E-state index is 13.1. The number of pyridine rings is 2. The van der Waals surface area contributed by atoms with Crippen molar-refractivity contribution in [3.8, 4) is 22.9 Å². The average molecular weight is 498 g/mol. The van der Waals surface area contributed by atoms with Gasteiger partial charge in [0, 0.05) is 56.2 Å². The number of aromatic nitrogens is 3. The first-order valence-electron chi connectivity index (χ1n) is 12.3. The smallest absolute Gasteiger partial charge is 0.228 e. The number of carbonyl (C=O) groups is 2. The van der Waals surface area contributed by atoms with Gasteiger partial charge in [-0.05, 0) is 30.2 Å². The minimum Gasteiger partial charge on any atom is -0.494 e. The molecule has 0 aromatic carbocycles. The summed E-state index contributed by atoms with van der Waals surface area (Å²) in [6.45, 7) is 7.15. The summed E-state index contributed by atoms with van der Waals surface area (Å²) in [5.41, 5.74) is 3.47. The molecule has 10 heteroatoms. The first kappa shape index (κ1) is 23.2. The Kier molecular flexibility index (Phi) is 5.65. The van der Waals surface area contributed by atoms with Crippen molar-refractivity contribution in [2.75, 3.05) is 44.7 Å². The van der Waals surface area contributed by atoms with Gasteiger partial charge in [0.2, 0.25) is 5.91 Å². The largest absolute Gasteiger partial charge is 0.494 e. The highest BCUT2D eigenvalue weighted by molar-refractivity contribution is 5.82. The SMILES string of the molecule is C=C(C=O)CN1CC(C(=O)N2C[C@@H]3C[C@H]2CN3c2ccc(-c3cc(OC)c4c(C#N)cnn4c3)cn2)C1. The zero-order chi connectivity index (χ0) is 25.7. The van der Waals surface area contributed by atoms with Crippen LogP contribution in [0.2, 0.25) is 0 Å². The van der Waals surface area contributed by atoms with Gasteiger partial charge >= 0.3 is 0 Å². The van der Waals surface area contributed by atoms with Crippen molar-refractivity contribution in [1.82, 2.24) is 24.4 Å². The molecule has 2 bridgehead atoms. The monoisotopic (exact) mass is 497 g/mol. The number of likely N-dealkylation sites (tertiary alicyclic amines) is 2. The van der Waals surface area contributed by atoms with E-state index in [0.29, 0.717) is 42.0 Å². The van der Waals surface area contributed by atoms with Gasteiger partial charge in [-0.15, -0.1) is 0 Å². The zero-order valence-electron chi connectivity index (χ0n) is 20.6. The van der Waals surface area contributed by atoms with Gasteiger partial charge in [0.05, 0.1) is 31.3 Å². The molecule has 3 aliphatic heterocycles. The molecule has 37 heavy (non-hydrogen) atoms. The predicted molar refractivity (Wildman–Crippen MR) is 136 cm³/mol. The summed E-state index contributed by atoms with van der Waals surface area (Å²) in [6.07, 6.45) is 6.99. The number of hydrogen-bond acceptors (Lipinski definition) is 8. The topological polar surface area (TPSA) is 107 Å². The van der Waals surface area contributed by atoms with Crippen LogP contribution < -0.4 is 9.64 Å². The van der Waals surface area contributed by atoms with Crippen molar-refractivity contribution in [2.45, 2.75) is 18.5 Å². The lowest BCUT2D eigenvalue weighted by molar-refractivity contribution is -0.142. The van der Waals surface area contributed by atoms with E-state index in [1.165, 1.54) is 6.20 Å². The first-order valence-corrected chi connectivity index (χ1v) is 12.3. The summed E-state index contributed by atoms with van der Waals surface area (Å²) in [5, 5.41) is 13.6. The Labute approximate surface area is 214 Å². The molecular formula is C27H27N7O3. The first-order chi connectivity index (χ1) is 18.0. The van der Waals surface area contributed by atoms with Crippen molar-refractivity contribution in [3.63, 3.8) is 0 Å². The fraction of sp³-hybridized carbons (Fsp3) is 0.370. The van der Waals surface area contributed by atoms with E-state index in [4.69, 9.17) is 9.72 Å². The van der Waals surface area contributed by atoms with Crippen molar-refractivity contribution in [3.05, 3.63) is 54.5 Å². The number of nitrogens with zero attached hydrogens (tertiary/aromatic N) is 7. The highest BCUT2D eigenvalue weighted by atomic mass is 16.5. The summed E-state index contributed by atoms with van der Waals surface area (Å²) in [6, 6.07) is 8.57. The van der Waals surface area contributed by atoms with Gasteiger partial charge in [-0.1, -0.05) is 6.58 Å². The number of aldehydes is 1. The second-order valence-corrected chi connectivity index (χ2v) is 10.0. The number of rotatable bonds is 7. The molecule has 1 amide bonds. The molecule has 3 aromatic rings. The van der Waals surface area contributed by atoms with Gasteiger partial charge in [0.25, 0.3) is 0 Å². The van der Waals surface area contributed by atoms with E-state index in [9.17, 15) is 14.9 Å². The molecule has 0 aliphatic carbocycles. The number of ether oxygens (including phenoxy) is 1. The normalized spacial score (nSPS) is 21.2. The van der Waals surface area contributed by atoms with E-state index in [2.05, 4.69) is 27.5 Å². The number of amides is 1. The lowest BCUT2D eigenvalue weighted by Crippen LogP contribution is -2.58. The van der Waals surface area contributed by atoms with Crippen LogP contribution in [0, 0.1) is 17.2 Å². The van der Waals surface area contributed by atoms with E-state index in [0.717, 1.165) is 42.7 Å². The molecule has 2 atom stereocenters. The Morgan fingerprint density at radius 3 is 2.70 bits per heavy atom. The van der Waals surface area contributed by atoms with Gasteiger partial charge in [-0.25, -0.2) is 9.50 Å². The molecule has 0 saturated carbocycles. The van der Waals surface area contributed by atoms with Crippen LogP contribution in [-0.4, -0.2) is 88.5 Å². The van der Waals surface area contributed by atoms with Gasteiger partial charge < -0.3 is 14.5 Å². The number of piperazine rings is 1. The van der Waals surface area contributed by atoms with E-state index in [1.54, 1.807) is 11.6 Å². The fourth-order valence-corrected chi connectivity index (χ4v) is 5.84. The number of hydrogen-bond donors (Lipinski definition) is 0. The zero-order valence-corrected chi connectivity index (χ0v) is 20.6. The van der Waals surface area contributed by atoms with Crippen LogP contribution in [-0.2, 0) is 9.59 Å². The van der Waals surface area contributed by atoms with Crippen LogP contribution in [0.25, 0.3) is 16.6 Å². The molecule has 3 saturated heterocycles. The predicted octanol–water partition coefficient (Wildman–Crippen LogP) is 1.75. The third-order valence-corrected chi connectivity index (χ3v) is 7.72. The molecule has 10 nitrogen and oxygen atoms in total. The van der Waals surface area contributed by atoms with E-state index in [-0.39, 0.29) is 23.9 Å². The second kappa shape index (κ2) is 9.01. The minimum atomic E-state index is 0.0121. The number of fused-ring (bicyclic) bond motifs is 3. The van der Waals surface area contributed by atoms with Gasteiger partial charge in [0.15, 0.2) is 0 Å². The highest BCUT2D eigenvalue weighted by Gasteiger charge is 2.48. The Morgan fingerprint density at radius 2 is 2.05 bits per heavy atom.